The summed E-state index contributed by atoms with van der Waals surface area (Å²) in [7, 11) is 0. The molecule has 68 valence electrons. The van der Waals surface area contributed by atoms with Crippen molar-refractivity contribution in [2.75, 3.05) is 11.6 Å². The van der Waals surface area contributed by atoms with E-state index >= 15 is 0 Å². The average Bonchev–Trinajstić information content (AvgIpc) is 2.49. The highest BCUT2D eigenvalue weighted by Crippen LogP contribution is 2.18. The van der Waals surface area contributed by atoms with Crippen LogP contribution >= 0.6 is 0 Å². The molecule has 1 aliphatic heterocycles. The van der Waals surface area contributed by atoms with E-state index < -0.39 is 6.10 Å². The van der Waals surface area contributed by atoms with Gasteiger partial charge >= 0.3 is 0 Å². The van der Waals surface area contributed by atoms with E-state index in [4.69, 9.17) is 0 Å². The first-order valence-corrected chi connectivity index (χ1v) is 4.33. The molecule has 0 fully saturated rings. The Labute approximate surface area is 77.3 Å². The van der Waals surface area contributed by atoms with E-state index in [-0.39, 0.29) is 0 Å². The minimum absolute atomic E-state index is 0.416. The van der Waals surface area contributed by atoms with Crippen molar-refractivity contribution in [1.29, 1.82) is 0 Å². The predicted molar refractivity (Wildman–Crippen MR) is 52.9 cm³/mol. The van der Waals surface area contributed by atoms with Crippen molar-refractivity contribution in [2.45, 2.75) is 13.0 Å². The van der Waals surface area contributed by atoms with Crippen LogP contribution in [0.3, 0.4) is 0 Å². The molecule has 1 atom stereocenters. The molecule has 0 bridgehead atoms. The second-order valence-corrected chi connectivity index (χ2v) is 3.17. The number of rotatable bonds is 1. The Hall–Kier alpha value is -1.35. The second-order valence-electron chi connectivity index (χ2n) is 3.17. The minimum atomic E-state index is -0.416. The number of para-hydroxylation sites is 1. The van der Waals surface area contributed by atoms with E-state index in [1.54, 1.807) is 0 Å². The van der Waals surface area contributed by atoms with Gasteiger partial charge < -0.3 is 5.11 Å². The zero-order chi connectivity index (χ0) is 9.26. The van der Waals surface area contributed by atoms with Crippen LogP contribution in [0.2, 0.25) is 0 Å². The SMILES string of the molecule is CC1=NN(c2ccccc2)C[C@@H]1O. The third kappa shape index (κ3) is 1.55. The van der Waals surface area contributed by atoms with Crippen LogP contribution in [0.15, 0.2) is 35.4 Å². The average molecular weight is 176 g/mol. The zero-order valence-electron chi connectivity index (χ0n) is 7.51. The van der Waals surface area contributed by atoms with Crippen molar-refractivity contribution in [1.82, 2.24) is 0 Å². The maximum Gasteiger partial charge on any atom is 0.113 e. The molecule has 3 nitrogen and oxygen atoms in total. The highest BCUT2D eigenvalue weighted by molar-refractivity contribution is 5.89. The molecule has 13 heavy (non-hydrogen) atoms. The molecular formula is C10H12N2O. The lowest BCUT2D eigenvalue weighted by Gasteiger charge is -2.13. The molecule has 0 spiro atoms. The molecule has 0 saturated heterocycles. The van der Waals surface area contributed by atoms with Crippen molar-refractivity contribution in [3.63, 3.8) is 0 Å². The van der Waals surface area contributed by atoms with Gasteiger partial charge in [0.05, 0.1) is 17.9 Å². The van der Waals surface area contributed by atoms with Gasteiger partial charge in [-0.2, -0.15) is 5.10 Å². The maximum atomic E-state index is 9.46. The first-order chi connectivity index (χ1) is 6.27. The summed E-state index contributed by atoms with van der Waals surface area (Å²) in [4.78, 5) is 0. The molecule has 1 N–H and O–H groups in total. The molecule has 0 unspecified atom stereocenters. The molecule has 0 radical (unpaired) electrons. The van der Waals surface area contributed by atoms with Crippen molar-refractivity contribution in [2.24, 2.45) is 5.10 Å². The van der Waals surface area contributed by atoms with E-state index in [1.165, 1.54) is 0 Å². The van der Waals surface area contributed by atoms with Gasteiger partial charge in [-0.3, -0.25) is 5.01 Å². The quantitative estimate of drug-likeness (QED) is 0.699. The summed E-state index contributed by atoms with van der Waals surface area (Å²) in [5.41, 5.74) is 1.81. The Morgan fingerprint density at radius 2 is 2.08 bits per heavy atom. The van der Waals surface area contributed by atoms with Gasteiger partial charge in [0, 0.05) is 0 Å². The van der Waals surface area contributed by atoms with Crippen LogP contribution in [0, 0.1) is 0 Å². The number of β-amino-alcohol motifs (C(OH)–C–C–N with tert-alkyl or cyclic N) is 1. The van der Waals surface area contributed by atoms with Gasteiger partial charge in [-0.25, -0.2) is 0 Å². The molecule has 0 amide bonds. The summed E-state index contributed by atoms with van der Waals surface area (Å²) in [5.74, 6) is 0. The maximum absolute atomic E-state index is 9.46. The molecule has 1 heterocycles. The van der Waals surface area contributed by atoms with Crippen molar-refractivity contribution in [3.05, 3.63) is 30.3 Å². The molecule has 0 aromatic heterocycles. The van der Waals surface area contributed by atoms with E-state index in [0.717, 1.165) is 11.4 Å². The van der Waals surface area contributed by atoms with E-state index in [9.17, 15) is 5.11 Å². The number of benzene rings is 1. The first kappa shape index (κ1) is 8.26. The fraction of sp³-hybridized carbons (Fsp3) is 0.300. The summed E-state index contributed by atoms with van der Waals surface area (Å²) in [6, 6.07) is 9.85. The summed E-state index contributed by atoms with van der Waals surface area (Å²) >= 11 is 0. The van der Waals surface area contributed by atoms with Crippen LogP contribution in [0.4, 0.5) is 5.69 Å². The topological polar surface area (TPSA) is 35.8 Å². The van der Waals surface area contributed by atoms with Crippen LogP contribution in [0.25, 0.3) is 0 Å². The highest BCUT2D eigenvalue weighted by Gasteiger charge is 2.21. The van der Waals surface area contributed by atoms with E-state index in [2.05, 4.69) is 5.10 Å². The molecule has 2 rings (SSSR count). The number of aliphatic hydroxyl groups is 1. The molecular weight excluding hydrogens is 164 g/mol. The van der Waals surface area contributed by atoms with Crippen molar-refractivity contribution in [3.8, 4) is 0 Å². The van der Waals surface area contributed by atoms with Crippen LogP contribution in [-0.4, -0.2) is 23.5 Å². The van der Waals surface area contributed by atoms with Crippen molar-refractivity contribution < 1.29 is 5.11 Å². The molecule has 1 aromatic carbocycles. The summed E-state index contributed by atoms with van der Waals surface area (Å²) in [6.07, 6.45) is -0.416. The Morgan fingerprint density at radius 1 is 1.38 bits per heavy atom. The lowest BCUT2D eigenvalue weighted by atomic mass is 10.2. The third-order valence-corrected chi connectivity index (χ3v) is 2.16. The third-order valence-electron chi connectivity index (χ3n) is 2.16. The summed E-state index contributed by atoms with van der Waals surface area (Å²) in [6.45, 7) is 2.41. The van der Waals surface area contributed by atoms with Crippen LogP contribution in [-0.2, 0) is 0 Å². The zero-order valence-corrected chi connectivity index (χ0v) is 7.51. The Kier molecular flexibility index (Phi) is 2.02. The van der Waals surface area contributed by atoms with Gasteiger partial charge in [-0.05, 0) is 19.1 Å². The number of hydrogen-bond donors (Lipinski definition) is 1. The predicted octanol–water partition coefficient (Wildman–Crippen LogP) is 1.24. The smallest absolute Gasteiger partial charge is 0.113 e. The van der Waals surface area contributed by atoms with Gasteiger partial charge in [-0.15, -0.1) is 0 Å². The van der Waals surface area contributed by atoms with Gasteiger partial charge in [0.25, 0.3) is 0 Å². The van der Waals surface area contributed by atoms with Gasteiger partial charge in [-0.1, -0.05) is 18.2 Å². The van der Waals surface area contributed by atoms with Crippen LogP contribution in [0.5, 0.6) is 0 Å². The Balaban J connectivity index is 2.22. The summed E-state index contributed by atoms with van der Waals surface area (Å²) in [5, 5.41) is 15.5. The lowest BCUT2D eigenvalue weighted by molar-refractivity contribution is 0.255. The molecule has 3 heteroatoms. The minimum Gasteiger partial charge on any atom is -0.385 e. The fourth-order valence-corrected chi connectivity index (χ4v) is 1.36. The molecule has 0 saturated carbocycles. The van der Waals surface area contributed by atoms with E-state index in [1.807, 2.05) is 42.3 Å². The second kappa shape index (κ2) is 3.18. The first-order valence-electron chi connectivity index (χ1n) is 4.33. The fourth-order valence-electron chi connectivity index (χ4n) is 1.36. The Bertz CT molecular complexity index is 321. The number of hydrogen-bond acceptors (Lipinski definition) is 3. The molecule has 1 aliphatic rings. The molecule has 1 aromatic rings. The number of anilines is 1. The number of hydrazone groups is 1. The Morgan fingerprint density at radius 3 is 2.62 bits per heavy atom. The van der Waals surface area contributed by atoms with Gasteiger partial charge in [0.1, 0.15) is 6.10 Å². The van der Waals surface area contributed by atoms with Crippen molar-refractivity contribution >= 4 is 11.4 Å². The summed E-state index contributed by atoms with van der Waals surface area (Å²) < 4.78 is 0. The number of aliphatic hydroxyl groups excluding tert-OH is 1. The standard InChI is InChI=1S/C10H12N2O/c1-8-10(13)7-12(11-8)9-5-3-2-4-6-9/h2-6,10,13H,7H2,1H3/t10-/m0/s1. The van der Waals surface area contributed by atoms with Gasteiger partial charge in [0.15, 0.2) is 0 Å². The monoisotopic (exact) mass is 176 g/mol. The van der Waals surface area contributed by atoms with Crippen LogP contribution < -0.4 is 5.01 Å². The van der Waals surface area contributed by atoms with Crippen LogP contribution in [0.1, 0.15) is 6.92 Å². The lowest BCUT2D eigenvalue weighted by Crippen LogP contribution is -2.22. The largest absolute Gasteiger partial charge is 0.385 e. The van der Waals surface area contributed by atoms with E-state index in [0.29, 0.717) is 6.54 Å². The normalized spacial score (nSPS) is 21.8. The number of nitrogens with zero attached hydrogens (tertiary/aromatic N) is 2. The van der Waals surface area contributed by atoms with Gasteiger partial charge in [0.2, 0.25) is 0 Å². The highest BCUT2D eigenvalue weighted by atomic mass is 16.3. The molecule has 0 aliphatic carbocycles.